The number of benzene rings is 1. The van der Waals surface area contributed by atoms with Crippen LogP contribution in [0.3, 0.4) is 0 Å². The normalized spacial score (nSPS) is 18.7. The van der Waals surface area contributed by atoms with Crippen molar-refractivity contribution >= 4 is 11.5 Å². The van der Waals surface area contributed by atoms with E-state index in [2.05, 4.69) is 0 Å². The summed E-state index contributed by atoms with van der Waals surface area (Å²) in [4.78, 5) is 25.4. The lowest BCUT2D eigenvalue weighted by Crippen LogP contribution is -2.20. The molecule has 1 unspecified atom stereocenters. The Balaban J connectivity index is 1.90. The topological polar surface area (TPSA) is 93.5 Å². The van der Waals surface area contributed by atoms with Crippen LogP contribution in [0.15, 0.2) is 33.5 Å². The molecule has 1 aromatic heterocycles. The second kappa shape index (κ2) is 6.63. The molecule has 0 bridgehead atoms. The zero-order valence-electron chi connectivity index (χ0n) is 14.7. The largest absolute Gasteiger partial charge is 0.506 e. The fraction of sp³-hybridized carbons (Fsp3) is 0.429. The van der Waals surface area contributed by atoms with Crippen LogP contribution in [0, 0.1) is 5.92 Å². The number of hydrogen-bond donors (Lipinski definition) is 2. The number of Topliss-reactive ketones (excluding diaryl/α,β-unsaturated/α-hetero) is 1. The van der Waals surface area contributed by atoms with Crippen LogP contribution in [0.5, 0.6) is 5.75 Å². The SMILES string of the molecule is Nc1cccc(C(c2c(O)c3c(oc2=O)CCCCCC3=O)C2CC2)c1. The van der Waals surface area contributed by atoms with E-state index >= 15 is 0 Å². The van der Waals surface area contributed by atoms with Crippen molar-refractivity contribution < 1.29 is 14.3 Å². The summed E-state index contributed by atoms with van der Waals surface area (Å²) in [6.07, 6.45) is 5.41. The van der Waals surface area contributed by atoms with Gasteiger partial charge in [-0.2, -0.15) is 0 Å². The molecular formula is C21H23NO4. The van der Waals surface area contributed by atoms with Crippen molar-refractivity contribution in [2.75, 3.05) is 5.73 Å². The van der Waals surface area contributed by atoms with E-state index in [0.717, 1.165) is 37.7 Å². The number of anilines is 1. The van der Waals surface area contributed by atoms with Gasteiger partial charge in [-0.3, -0.25) is 4.79 Å². The molecule has 136 valence electrons. The number of carbonyl (C=O) groups is 1. The molecule has 0 saturated heterocycles. The summed E-state index contributed by atoms with van der Waals surface area (Å²) >= 11 is 0. The Morgan fingerprint density at radius 1 is 1.12 bits per heavy atom. The van der Waals surface area contributed by atoms with E-state index in [1.807, 2.05) is 18.2 Å². The lowest BCUT2D eigenvalue weighted by molar-refractivity contribution is 0.0968. The van der Waals surface area contributed by atoms with Gasteiger partial charge in [-0.25, -0.2) is 4.79 Å². The Hall–Kier alpha value is -2.56. The van der Waals surface area contributed by atoms with Gasteiger partial charge >= 0.3 is 5.63 Å². The summed E-state index contributed by atoms with van der Waals surface area (Å²) in [7, 11) is 0. The third-order valence-electron chi connectivity index (χ3n) is 5.47. The van der Waals surface area contributed by atoms with Gasteiger partial charge in [-0.15, -0.1) is 0 Å². The van der Waals surface area contributed by atoms with Crippen molar-refractivity contribution in [2.45, 2.75) is 50.9 Å². The molecule has 1 saturated carbocycles. The van der Waals surface area contributed by atoms with Crippen molar-refractivity contribution in [1.29, 1.82) is 0 Å². The van der Waals surface area contributed by atoms with Gasteiger partial charge < -0.3 is 15.3 Å². The summed E-state index contributed by atoms with van der Waals surface area (Å²) in [5.74, 6) is -0.0135. The highest BCUT2D eigenvalue weighted by Crippen LogP contribution is 2.48. The molecule has 1 heterocycles. The van der Waals surface area contributed by atoms with Crippen LogP contribution in [0.25, 0.3) is 0 Å². The molecule has 26 heavy (non-hydrogen) atoms. The second-order valence-corrected chi connectivity index (χ2v) is 7.42. The van der Waals surface area contributed by atoms with E-state index in [4.69, 9.17) is 10.2 Å². The number of ketones is 1. The first kappa shape index (κ1) is 16.9. The molecule has 0 spiro atoms. The highest BCUT2D eigenvalue weighted by molar-refractivity contribution is 5.99. The van der Waals surface area contributed by atoms with Crippen molar-refractivity contribution in [2.24, 2.45) is 5.92 Å². The van der Waals surface area contributed by atoms with Crippen molar-refractivity contribution in [3.63, 3.8) is 0 Å². The molecule has 4 rings (SSSR count). The molecule has 0 radical (unpaired) electrons. The molecule has 5 nitrogen and oxygen atoms in total. The highest BCUT2D eigenvalue weighted by atomic mass is 16.4. The summed E-state index contributed by atoms with van der Waals surface area (Å²) in [5, 5.41) is 11.0. The minimum absolute atomic E-state index is 0.135. The van der Waals surface area contributed by atoms with Gasteiger partial charge in [-0.1, -0.05) is 18.6 Å². The standard InChI is InChI=1S/C21H23NO4/c22-14-6-4-5-13(11-14)17(12-9-10-12)19-20(24)18-15(23)7-2-1-3-8-16(18)26-21(19)25/h4-6,11-12,17,24H,1-3,7-10,22H2. The van der Waals surface area contributed by atoms with Gasteiger partial charge in [0.1, 0.15) is 11.5 Å². The molecule has 1 atom stereocenters. The van der Waals surface area contributed by atoms with Crippen LogP contribution in [0.4, 0.5) is 5.69 Å². The monoisotopic (exact) mass is 353 g/mol. The average Bonchev–Trinajstić information content (AvgIpc) is 3.41. The highest BCUT2D eigenvalue weighted by Gasteiger charge is 2.39. The summed E-state index contributed by atoms with van der Waals surface area (Å²) in [6.45, 7) is 0. The van der Waals surface area contributed by atoms with Crippen LogP contribution >= 0.6 is 0 Å². The van der Waals surface area contributed by atoms with E-state index in [9.17, 15) is 14.7 Å². The summed E-state index contributed by atoms with van der Waals surface area (Å²) in [6, 6.07) is 7.38. The van der Waals surface area contributed by atoms with Crippen LogP contribution in [-0.4, -0.2) is 10.9 Å². The van der Waals surface area contributed by atoms with E-state index in [-0.39, 0.29) is 34.5 Å². The minimum Gasteiger partial charge on any atom is -0.506 e. The van der Waals surface area contributed by atoms with Gasteiger partial charge in [-0.05, 0) is 49.3 Å². The van der Waals surface area contributed by atoms with Crippen LogP contribution in [0.2, 0.25) is 0 Å². The Kier molecular flexibility index (Phi) is 4.31. The van der Waals surface area contributed by atoms with Crippen LogP contribution < -0.4 is 11.4 Å². The summed E-state index contributed by atoms with van der Waals surface area (Å²) in [5.41, 5.74) is 7.31. The van der Waals surface area contributed by atoms with Gasteiger partial charge in [0.25, 0.3) is 0 Å². The molecule has 0 aliphatic heterocycles. The molecule has 5 heteroatoms. The second-order valence-electron chi connectivity index (χ2n) is 7.42. The zero-order valence-corrected chi connectivity index (χ0v) is 14.7. The summed E-state index contributed by atoms with van der Waals surface area (Å²) < 4.78 is 5.56. The van der Waals surface area contributed by atoms with Crippen LogP contribution in [0.1, 0.15) is 71.7 Å². The Morgan fingerprint density at radius 2 is 1.88 bits per heavy atom. The zero-order chi connectivity index (χ0) is 18.3. The predicted molar refractivity (Wildman–Crippen MR) is 98.6 cm³/mol. The number of aromatic hydroxyl groups is 1. The quantitative estimate of drug-likeness (QED) is 0.819. The number of hydrogen-bond acceptors (Lipinski definition) is 5. The first-order chi connectivity index (χ1) is 12.6. The van der Waals surface area contributed by atoms with E-state index < -0.39 is 5.63 Å². The van der Waals surface area contributed by atoms with Gasteiger partial charge in [0.2, 0.25) is 0 Å². The predicted octanol–water partition coefficient (Wildman–Crippen LogP) is 3.77. The number of carbonyl (C=O) groups excluding carboxylic acids is 1. The molecule has 2 aromatic rings. The first-order valence-electron chi connectivity index (χ1n) is 9.33. The van der Waals surface area contributed by atoms with Crippen molar-refractivity contribution in [3.8, 4) is 5.75 Å². The average molecular weight is 353 g/mol. The van der Waals surface area contributed by atoms with E-state index in [1.165, 1.54) is 0 Å². The van der Waals surface area contributed by atoms with Gasteiger partial charge in [0.15, 0.2) is 5.78 Å². The maximum Gasteiger partial charge on any atom is 0.343 e. The fourth-order valence-electron chi connectivity index (χ4n) is 4.05. The molecular weight excluding hydrogens is 330 g/mol. The maximum absolute atomic E-state index is 12.8. The number of aryl methyl sites for hydroxylation is 1. The number of nitrogens with two attached hydrogens (primary N) is 1. The van der Waals surface area contributed by atoms with Gasteiger partial charge in [0, 0.05) is 24.4 Å². The third kappa shape index (κ3) is 3.02. The number of nitrogen functional groups attached to an aromatic ring is 1. The van der Waals surface area contributed by atoms with Crippen molar-refractivity contribution in [1.82, 2.24) is 0 Å². The van der Waals surface area contributed by atoms with E-state index in [0.29, 0.717) is 24.3 Å². The molecule has 0 amide bonds. The lowest BCUT2D eigenvalue weighted by atomic mass is 9.85. The lowest BCUT2D eigenvalue weighted by Gasteiger charge is -2.21. The molecule has 2 aliphatic rings. The van der Waals surface area contributed by atoms with Crippen LogP contribution in [-0.2, 0) is 6.42 Å². The maximum atomic E-state index is 12.8. The Labute approximate surface area is 151 Å². The molecule has 2 aliphatic carbocycles. The smallest absolute Gasteiger partial charge is 0.343 e. The Bertz CT molecular complexity index is 911. The minimum atomic E-state index is -0.533. The van der Waals surface area contributed by atoms with Crippen molar-refractivity contribution in [3.05, 3.63) is 57.1 Å². The number of fused-ring (bicyclic) bond motifs is 1. The van der Waals surface area contributed by atoms with E-state index in [1.54, 1.807) is 6.07 Å². The molecule has 1 aromatic carbocycles. The third-order valence-corrected chi connectivity index (χ3v) is 5.47. The number of rotatable bonds is 3. The molecule has 3 N–H and O–H groups in total. The molecule has 1 fully saturated rings. The van der Waals surface area contributed by atoms with Gasteiger partial charge in [0.05, 0.1) is 11.1 Å². The first-order valence-corrected chi connectivity index (χ1v) is 9.33. The fourth-order valence-corrected chi connectivity index (χ4v) is 4.05. The Morgan fingerprint density at radius 3 is 2.62 bits per heavy atom.